The Labute approximate surface area is 121 Å². The minimum atomic E-state index is -0.954. The van der Waals surface area contributed by atoms with Crippen LogP contribution in [0.15, 0.2) is 42.5 Å². The van der Waals surface area contributed by atoms with Crippen molar-refractivity contribution in [1.82, 2.24) is 5.32 Å². The second-order valence-electron chi connectivity index (χ2n) is 4.69. The lowest BCUT2D eigenvalue weighted by atomic mass is 10.1. The molecule has 2 rings (SSSR count). The molecule has 0 aromatic heterocycles. The molecule has 0 unspecified atom stereocenters. The van der Waals surface area contributed by atoms with Gasteiger partial charge in [0.25, 0.3) is 0 Å². The summed E-state index contributed by atoms with van der Waals surface area (Å²) in [7, 11) is 0. The third-order valence-corrected chi connectivity index (χ3v) is 3.02. The van der Waals surface area contributed by atoms with Crippen LogP contribution in [0.3, 0.4) is 0 Å². The van der Waals surface area contributed by atoms with Crippen LogP contribution in [-0.2, 0) is 17.6 Å². The average Bonchev–Trinajstić information content (AvgIpc) is 2.45. The zero-order valence-corrected chi connectivity index (χ0v) is 11.3. The molecule has 0 aliphatic carbocycles. The second-order valence-corrected chi connectivity index (χ2v) is 4.69. The monoisotopic (exact) mass is 291 g/mol. The number of hydrogen-bond acceptors (Lipinski definition) is 2. The highest BCUT2D eigenvalue weighted by molar-refractivity contribution is 5.78. The predicted octanol–water partition coefficient (Wildman–Crippen LogP) is 2.57. The molecule has 0 aliphatic rings. The molecule has 110 valence electrons. The Morgan fingerprint density at radius 1 is 1.00 bits per heavy atom. The number of halogens is 2. The summed E-state index contributed by atoms with van der Waals surface area (Å²) in [6.07, 6.45) is 0.635. The normalized spacial score (nSPS) is 10.4. The fourth-order valence-electron chi connectivity index (χ4n) is 1.91. The van der Waals surface area contributed by atoms with Crippen molar-refractivity contribution in [1.29, 1.82) is 0 Å². The SMILES string of the molecule is O=C(Cc1ccc(F)c(F)c1)NCCc1ccc(O)cc1. The number of hydrogen-bond donors (Lipinski definition) is 2. The van der Waals surface area contributed by atoms with Gasteiger partial charge in [-0.25, -0.2) is 8.78 Å². The van der Waals surface area contributed by atoms with Crippen LogP contribution in [0.5, 0.6) is 5.75 Å². The van der Waals surface area contributed by atoms with Gasteiger partial charge in [-0.15, -0.1) is 0 Å². The first-order valence-electron chi connectivity index (χ1n) is 6.53. The van der Waals surface area contributed by atoms with Crippen LogP contribution in [0.2, 0.25) is 0 Å². The van der Waals surface area contributed by atoms with Crippen molar-refractivity contribution < 1.29 is 18.7 Å². The van der Waals surface area contributed by atoms with E-state index in [2.05, 4.69) is 5.32 Å². The summed E-state index contributed by atoms with van der Waals surface area (Å²) < 4.78 is 25.8. The Hall–Kier alpha value is -2.43. The van der Waals surface area contributed by atoms with E-state index in [4.69, 9.17) is 5.11 Å². The molecule has 0 aliphatic heterocycles. The molecule has 1 amide bonds. The minimum absolute atomic E-state index is 0.00672. The van der Waals surface area contributed by atoms with Crippen LogP contribution >= 0.6 is 0 Å². The van der Waals surface area contributed by atoms with Gasteiger partial charge in [-0.2, -0.15) is 0 Å². The largest absolute Gasteiger partial charge is 0.508 e. The van der Waals surface area contributed by atoms with E-state index >= 15 is 0 Å². The van der Waals surface area contributed by atoms with Crippen molar-refractivity contribution >= 4 is 5.91 Å². The molecule has 2 N–H and O–H groups in total. The van der Waals surface area contributed by atoms with E-state index in [1.165, 1.54) is 6.07 Å². The number of nitrogens with one attached hydrogen (secondary N) is 1. The van der Waals surface area contributed by atoms with Crippen LogP contribution in [0.25, 0.3) is 0 Å². The van der Waals surface area contributed by atoms with E-state index < -0.39 is 11.6 Å². The second kappa shape index (κ2) is 6.83. The van der Waals surface area contributed by atoms with Gasteiger partial charge < -0.3 is 10.4 Å². The third-order valence-electron chi connectivity index (χ3n) is 3.02. The van der Waals surface area contributed by atoms with Gasteiger partial charge in [-0.3, -0.25) is 4.79 Å². The molecule has 0 atom stereocenters. The van der Waals surface area contributed by atoms with Crippen molar-refractivity contribution in [3.05, 3.63) is 65.2 Å². The van der Waals surface area contributed by atoms with Crippen molar-refractivity contribution in [2.75, 3.05) is 6.54 Å². The first-order valence-corrected chi connectivity index (χ1v) is 6.53. The Balaban J connectivity index is 1.79. The maximum Gasteiger partial charge on any atom is 0.224 e. The Morgan fingerprint density at radius 3 is 2.33 bits per heavy atom. The fourth-order valence-corrected chi connectivity index (χ4v) is 1.91. The lowest BCUT2D eigenvalue weighted by Gasteiger charge is -2.06. The number of carbonyl (C=O) groups excluding carboxylic acids is 1. The van der Waals surface area contributed by atoms with Gasteiger partial charge in [0.2, 0.25) is 5.91 Å². The Bertz CT molecular complexity index is 627. The van der Waals surface area contributed by atoms with Gasteiger partial charge in [0, 0.05) is 6.54 Å². The van der Waals surface area contributed by atoms with E-state index in [9.17, 15) is 13.6 Å². The first-order chi connectivity index (χ1) is 10.0. The summed E-state index contributed by atoms with van der Waals surface area (Å²) in [5, 5.41) is 11.9. The van der Waals surface area contributed by atoms with Crippen molar-refractivity contribution in [2.24, 2.45) is 0 Å². The van der Waals surface area contributed by atoms with Gasteiger partial charge in [-0.05, 0) is 41.8 Å². The summed E-state index contributed by atoms with van der Waals surface area (Å²) in [4.78, 5) is 11.7. The number of aromatic hydroxyl groups is 1. The van der Waals surface area contributed by atoms with Gasteiger partial charge >= 0.3 is 0 Å². The smallest absolute Gasteiger partial charge is 0.224 e. The first kappa shape index (κ1) is 15.0. The molecule has 0 saturated heterocycles. The highest BCUT2D eigenvalue weighted by atomic mass is 19.2. The number of amides is 1. The average molecular weight is 291 g/mol. The quantitative estimate of drug-likeness (QED) is 0.889. The molecular weight excluding hydrogens is 276 g/mol. The molecule has 21 heavy (non-hydrogen) atoms. The van der Waals surface area contributed by atoms with Crippen molar-refractivity contribution in [2.45, 2.75) is 12.8 Å². The van der Waals surface area contributed by atoms with Crippen LogP contribution in [0, 0.1) is 11.6 Å². The summed E-state index contributed by atoms with van der Waals surface area (Å²) in [6, 6.07) is 10.1. The van der Waals surface area contributed by atoms with E-state index in [0.29, 0.717) is 18.5 Å². The van der Waals surface area contributed by atoms with E-state index in [-0.39, 0.29) is 18.1 Å². The van der Waals surface area contributed by atoms with Crippen molar-refractivity contribution in [3.8, 4) is 5.75 Å². The van der Waals surface area contributed by atoms with E-state index in [0.717, 1.165) is 17.7 Å². The maximum absolute atomic E-state index is 13.0. The fraction of sp³-hybridized carbons (Fsp3) is 0.188. The maximum atomic E-state index is 13.0. The zero-order chi connectivity index (χ0) is 15.2. The summed E-state index contributed by atoms with van der Waals surface area (Å²) >= 11 is 0. The molecule has 3 nitrogen and oxygen atoms in total. The number of rotatable bonds is 5. The van der Waals surface area contributed by atoms with Gasteiger partial charge in [0.1, 0.15) is 5.75 Å². The summed E-state index contributed by atoms with van der Waals surface area (Å²) in [5.74, 6) is -1.93. The molecule has 0 spiro atoms. The Kier molecular flexibility index (Phi) is 4.87. The minimum Gasteiger partial charge on any atom is -0.508 e. The molecule has 2 aromatic carbocycles. The molecule has 0 radical (unpaired) electrons. The highest BCUT2D eigenvalue weighted by Crippen LogP contribution is 2.10. The molecule has 0 bridgehead atoms. The Morgan fingerprint density at radius 2 is 1.67 bits per heavy atom. The molecule has 2 aromatic rings. The van der Waals surface area contributed by atoms with Crippen LogP contribution in [0.4, 0.5) is 8.78 Å². The summed E-state index contributed by atoms with van der Waals surface area (Å²) in [5.41, 5.74) is 1.41. The number of carbonyl (C=O) groups is 1. The lowest BCUT2D eigenvalue weighted by molar-refractivity contribution is -0.120. The lowest BCUT2D eigenvalue weighted by Crippen LogP contribution is -2.27. The molecular formula is C16H15F2NO2. The van der Waals surface area contributed by atoms with E-state index in [1.54, 1.807) is 24.3 Å². The topological polar surface area (TPSA) is 49.3 Å². The van der Waals surface area contributed by atoms with E-state index in [1.807, 2.05) is 0 Å². The molecule has 5 heteroatoms. The molecule has 0 fully saturated rings. The van der Waals surface area contributed by atoms with Crippen LogP contribution in [0.1, 0.15) is 11.1 Å². The van der Waals surface area contributed by atoms with Crippen molar-refractivity contribution in [3.63, 3.8) is 0 Å². The van der Waals surface area contributed by atoms with Crippen LogP contribution < -0.4 is 5.32 Å². The number of benzene rings is 2. The summed E-state index contributed by atoms with van der Waals surface area (Å²) in [6.45, 7) is 0.438. The van der Waals surface area contributed by atoms with Gasteiger partial charge in [0.15, 0.2) is 11.6 Å². The number of phenolic OH excluding ortho intramolecular Hbond substituents is 1. The molecule has 0 heterocycles. The van der Waals surface area contributed by atoms with Crippen LogP contribution in [-0.4, -0.2) is 17.6 Å². The number of phenols is 1. The third kappa shape index (κ3) is 4.56. The standard InChI is InChI=1S/C16H15F2NO2/c17-14-6-3-12(9-15(14)18)10-16(21)19-8-7-11-1-4-13(20)5-2-11/h1-6,9,20H,7-8,10H2,(H,19,21). The highest BCUT2D eigenvalue weighted by Gasteiger charge is 2.07. The zero-order valence-electron chi connectivity index (χ0n) is 11.3. The van der Waals surface area contributed by atoms with Gasteiger partial charge in [-0.1, -0.05) is 18.2 Å². The molecule has 0 saturated carbocycles. The van der Waals surface area contributed by atoms with Gasteiger partial charge in [0.05, 0.1) is 6.42 Å². The predicted molar refractivity (Wildman–Crippen MR) is 74.9 cm³/mol.